The van der Waals surface area contributed by atoms with Crippen LogP contribution in [0.4, 0.5) is 0 Å². The van der Waals surface area contributed by atoms with Crippen molar-refractivity contribution >= 4 is 13.5 Å². The Morgan fingerprint density at radius 2 is 1.90 bits per heavy atom. The summed E-state index contributed by atoms with van der Waals surface area (Å²) in [5.74, 6) is 0. The van der Waals surface area contributed by atoms with Crippen molar-refractivity contribution in [1.29, 1.82) is 0 Å². The molecule has 2 aliphatic rings. The molecule has 52 valence electrons. The Morgan fingerprint density at radius 3 is 2.10 bits per heavy atom. The second-order valence-corrected chi connectivity index (χ2v) is 6.63. The van der Waals surface area contributed by atoms with Gasteiger partial charge in [0.2, 0.25) is 8.32 Å². The van der Waals surface area contributed by atoms with E-state index in [0.717, 1.165) is 6.04 Å². The van der Waals surface area contributed by atoms with Crippen LogP contribution in [0.3, 0.4) is 0 Å². The molecule has 3 rings (SSSR count). The normalized spacial score (nSPS) is 29.0. The van der Waals surface area contributed by atoms with Crippen LogP contribution in [0.5, 0.6) is 0 Å². The summed E-state index contributed by atoms with van der Waals surface area (Å²) in [6.45, 7) is 2.00. The third kappa shape index (κ3) is 0.728. The average Bonchev–Trinajstić information content (AvgIpc) is 1.87. The van der Waals surface area contributed by atoms with Crippen molar-refractivity contribution in [2.24, 2.45) is 0 Å². The molecule has 0 fully saturated rings. The summed E-state index contributed by atoms with van der Waals surface area (Å²) >= 11 is 0. The molecule has 2 heterocycles. The highest BCUT2D eigenvalue weighted by molar-refractivity contribution is 6.84. The number of benzene rings is 1. The predicted octanol–water partition coefficient (Wildman–Crippen LogP) is 0.556. The molecule has 0 amide bonds. The summed E-state index contributed by atoms with van der Waals surface area (Å²) in [5, 5.41) is 1.17. The van der Waals surface area contributed by atoms with Gasteiger partial charge in [0.25, 0.3) is 0 Å². The Balaban J connectivity index is 2.61. The third-order valence-electron chi connectivity index (χ3n) is 2.12. The average molecular weight is 150 g/mol. The Kier molecular flexibility index (Phi) is 1.05. The molecule has 1 nitrogen and oxygen atoms in total. The highest BCUT2D eigenvalue weighted by atomic mass is 28.4. The van der Waals surface area contributed by atoms with E-state index in [0.29, 0.717) is 0 Å². The zero-order valence-electron chi connectivity index (χ0n) is 5.96. The summed E-state index contributed by atoms with van der Waals surface area (Å²) in [6, 6.07) is 9.20. The van der Waals surface area contributed by atoms with Crippen molar-refractivity contribution in [2.45, 2.75) is 12.6 Å². The van der Waals surface area contributed by atoms with E-state index in [9.17, 15) is 4.80 Å². The van der Waals surface area contributed by atoms with Gasteiger partial charge in [-0.25, -0.2) is 0 Å². The van der Waals surface area contributed by atoms with E-state index in [4.69, 9.17) is 0 Å². The van der Waals surface area contributed by atoms with Gasteiger partial charge in [-0.3, -0.25) is 0 Å². The topological polar surface area (TPSA) is 20.2 Å². The van der Waals surface area contributed by atoms with Crippen LogP contribution in [-0.4, -0.2) is 13.1 Å². The lowest BCUT2D eigenvalue weighted by Crippen LogP contribution is -2.50. The molecular formula is C8H10OSi. The molecule has 1 atom stereocenters. The summed E-state index contributed by atoms with van der Waals surface area (Å²) in [5.41, 5.74) is 1.28. The van der Waals surface area contributed by atoms with Crippen LogP contribution < -0.4 is 5.19 Å². The molecule has 2 heteroatoms. The second kappa shape index (κ2) is 1.71. The Bertz CT molecular complexity index is 250. The smallest absolute Gasteiger partial charge is 0.221 e. The number of rotatable bonds is 0. The van der Waals surface area contributed by atoms with Crippen molar-refractivity contribution in [3.63, 3.8) is 0 Å². The van der Waals surface area contributed by atoms with Crippen LogP contribution in [0.2, 0.25) is 6.55 Å². The molecule has 10 heavy (non-hydrogen) atoms. The quantitative estimate of drug-likeness (QED) is 0.536. The van der Waals surface area contributed by atoms with Gasteiger partial charge in [-0.15, -0.1) is 0 Å². The maximum atomic E-state index is 9.84. The second-order valence-electron chi connectivity index (χ2n) is 3.15. The van der Waals surface area contributed by atoms with E-state index < -0.39 is 8.32 Å². The van der Waals surface area contributed by atoms with Gasteiger partial charge in [0.1, 0.15) is 0 Å². The zero-order chi connectivity index (χ0) is 7.19. The first kappa shape index (κ1) is 6.13. The van der Waals surface area contributed by atoms with Crippen molar-refractivity contribution < 1.29 is 4.80 Å². The van der Waals surface area contributed by atoms with Crippen LogP contribution in [-0.2, 0) is 6.04 Å². The molecule has 2 bridgehead atoms. The third-order valence-corrected chi connectivity index (χ3v) is 4.80. The molecule has 0 aliphatic carbocycles. The van der Waals surface area contributed by atoms with Gasteiger partial charge in [0.05, 0.1) is 0 Å². The van der Waals surface area contributed by atoms with Crippen LogP contribution in [0.1, 0.15) is 5.56 Å². The monoisotopic (exact) mass is 150 g/mol. The lowest BCUT2D eigenvalue weighted by Gasteiger charge is -2.25. The van der Waals surface area contributed by atoms with E-state index in [1.807, 2.05) is 18.7 Å². The zero-order valence-corrected chi connectivity index (χ0v) is 6.96. The summed E-state index contributed by atoms with van der Waals surface area (Å²) < 4.78 is 0. The molecule has 0 saturated heterocycles. The van der Waals surface area contributed by atoms with E-state index in [2.05, 4.69) is 12.1 Å². The first-order chi connectivity index (χ1) is 4.68. The Labute approximate surface area is 61.5 Å². The predicted molar refractivity (Wildman–Crippen MR) is 43.6 cm³/mol. The van der Waals surface area contributed by atoms with Crippen molar-refractivity contribution in [3.05, 3.63) is 29.8 Å². The van der Waals surface area contributed by atoms with E-state index in [1.54, 1.807) is 0 Å². The molecule has 1 unspecified atom stereocenters. The van der Waals surface area contributed by atoms with Gasteiger partial charge in [-0.1, -0.05) is 24.3 Å². The van der Waals surface area contributed by atoms with Gasteiger partial charge >= 0.3 is 0 Å². The van der Waals surface area contributed by atoms with Gasteiger partial charge in [-0.05, 0) is 23.3 Å². The number of hydrogen-bond acceptors (Lipinski definition) is 1. The van der Waals surface area contributed by atoms with Gasteiger partial charge in [-0.2, -0.15) is 0 Å². The summed E-state index contributed by atoms with van der Waals surface area (Å²) in [7, 11) is -1.96. The standard InChI is InChI=1S/C8H10OSi/c1-10(9)6-7-2-4-8(10)5-3-7/h2-5,9H,6H2,1H3. The molecule has 2 aliphatic heterocycles. The SMILES string of the molecule is C[Si]1(O)Cc2ccc1cc2. The fourth-order valence-corrected chi connectivity index (χ4v) is 3.60. The van der Waals surface area contributed by atoms with Crippen LogP contribution in [0.15, 0.2) is 24.3 Å². The summed E-state index contributed by atoms with van der Waals surface area (Å²) in [6.07, 6.45) is 0. The van der Waals surface area contributed by atoms with Crippen molar-refractivity contribution in [3.8, 4) is 0 Å². The highest BCUT2D eigenvalue weighted by Gasteiger charge is 2.30. The van der Waals surface area contributed by atoms with Crippen LogP contribution in [0.25, 0.3) is 0 Å². The summed E-state index contributed by atoms with van der Waals surface area (Å²) in [4.78, 5) is 9.84. The molecule has 1 aromatic carbocycles. The van der Waals surface area contributed by atoms with Crippen LogP contribution in [0, 0.1) is 0 Å². The largest absolute Gasteiger partial charge is 0.427 e. The number of fused-ring (bicyclic) bond motifs is 3. The molecule has 1 aromatic rings. The van der Waals surface area contributed by atoms with Gasteiger partial charge < -0.3 is 4.80 Å². The highest BCUT2D eigenvalue weighted by Crippen LogP contribution is 2.14. The lowest BCUT2D eigenvalue weighted by molar-refractivity contribution is 0.555. The molecule has 0 saturated carbocycles. The molecular weight excluding hydrogens is 140 g/mol. The maximum absolute atomic E-state index is 9.84. The minimum absolute atomic E-state index is 0.912. The van der Waals surface area contributed by atoms with E-state index in [-0.39, 0.29) is 0 Å². The molecule has 0 spiro atoms. The molecule has 1 N–H and O–H groups in total. The van der Waals surface area contributed by atoms with Crippen LogP contribution >= 0.6 is 0 Å². The lowest BCUT2D eigenvalue weighted by atomic mass is 10.2. The van der Waals surface area contributed by atoms with E-state index in [1.165, 1.54) is 10.8 Å². The Hall–Kier alpha value is -0.603. The maximum Gasteiger partial charge on any atom is 0.221 e. The molecule has 0 aromatic heterocycles. The van der Waals surface area contributed by atoms with Gasteiger partial charge in [0.15, 0.2) is 0 Å². The fourth-order valence-electron chi connectivity index (χ4n) is 1.48. The minimum Gasteiger partial charge on any atom is -0.427 e. The van der Waals surface area contributed by atoms with Crippen molar-refractivity contribution in [1.82, 2.24) is 0 Å². The minimum atomic E-state index is -1.96. The fraction of sp³-hybridized carbons (Fsp3) is 0.250. The first-order valence-electron chi connectivity index (χ1n) is 3.50. The first-order valence-corrected chi connectivity index (χ1v) is 6.16. The Morgan fingerprint density at radius 1 is 1.30 bits per heavy atom. The number of hydrogen-bond donors (Lipinski definition) is 1. The van der Waals surface area contributed by atoms with Crippen molar-refractivity contribution in [2.75, 3.05) is 0 Å². The van der Waals surface area contributed by atoms with E-state index >= 15 is 0 Å². The van der Waals surface area contributed by atoms with Gasteiger partial charge in [0, 0.05) is 0 Å². The molecule has 0 radical (unpaired) electrons.